The zero-order chi connectivity index (χ0) is 15.9. The van der Waals surface area contributed by atoms with Crippen LogP contribution in [0.25, 0.3) is 0 Å². The molecule has 1 aromatic carbocycles. The van der Waals surface area contributed by atoms with Crippen LogP contribution in [-0.4, -0.2) is 24.1 Å². The molecule has 1 amide bonds. The van der Waals surface area contributed by atoms with Crippen LogP contribution in [0, 0.1) is 23.7 Å². The zero-order valence-corrected chi connectivity index (χ0v) is 12.7. The van der Waals surface area contributed by atoms with Crippen LogP contribution in [0.2, 0.25) is 5.02 Å². The van der Waals surface area contributed by atoms with Gasteiger partial charge in [0, 0.05) is 5.69 Å². The number of rotatable bonds is 4. The number of amides is 1. The Morgan fingerprint density at radius 1 is 1.27 bits per heavy atom. The van der Waals surface area contributed by atoms with Gasteiger partial charge in [-0.05, 0) is 36.5 Å². The number of allylic oxidation sites excluding steroid dienone is 2. The van der Waals surface area contributed by atoms with Gasteiger partial charge in [0.2, 0.25) is 5.91 Å². The van der Waals surface area contributed by atoms with E-state index in [-0.39, 0.29) is 17.7 Å². The third-order valence-corrected chi connectivity index (χ3v) is 4.76. The Morgan fingerprint density at radius 2 is 1.95 bits per heavy atom. The second kappa shape index (κ2) is 5.65. The van der Waals surface area contributed by atoms with Crippen LogP contribution in [0.1, 0.15) is 6.42 Å². The van der Waals surface area contributed by atoms with Crippen LogP contribution in [0.5, 0.6) is 5.75 Å². The SMILES string of the molecule is COc1ccc(NC(=O)[C@@H]2[C@@H](C(=O)O)[C@H]3C=C[C@H]2C3)cc1Cl. The molecule has 1 aromatic rings. The molecule has 0 unspecified atom stereocenters. The lowest BCUT2D eigenvalue weighted by Crippen LogP contribution is -2.36. The van der Waals surface area contributed by atoms with E-state index in [2.05, 4.69) is 5.32 Å². The fourth-order valence-electron chi connectivity index (χ4n) is 3.49. The summed E-state index contributed by atoms with van der Waals surface area (Å²) in [5.41, 5.74) is 0.534. The van der Waals surface area contributed by atoms with Gasteiger partial charge in [0.25, 0.3) is 0 Å². The summed E-state index contributed by atoms with van der Waals surface area (Å²) in [6.07, 6.45) is 4.60. The third-order valence-electron chi connectivity index (χ3n) is 4.47. The molecule has 6 heteroatoms. The molecule has 2 aliphatic rings. The highest BCUT2D eigenvalue weighted by molar-refractivity contribution is 6.32. The Bertz CT molecular complexity index is 658. The van der Waals surface area contributed by atoms with Crippen LogP contribution in [0.15, 0.2) is 30.4 Å². The Morgan fingerprint density at radius 3 is 2.55 bits per heavy atom. The standard InChI is InChI=1S/C16H16ClNO4/c1-22-12-5-4-10(7-11(12)17)18-15(19)13-8-2-3-9(6-8)14(13)16(20)21/h2-5,7-9,13-14H,6H2,1H3,(H,18,19)(H,20,21)/t8-,9-,13-,14-/m0/s1. The van der Waals surface area contributed by atoms with E-state index in [4.69, 9.17) is 16.3 Å². The van der Waals surface area contributed by atoms with Crippen LogP contribution in [-0.2, 0) is 9.59 Å². The van der Waals surface area contributed by atoms with Gasteiger partial charge in [-0.15, -0.1) is 0 Å². The first-order valence-corrected chi connectivity index (χ1v) is 7.44. The maximum atomic E-state index is 12.5. The third kappa shape index (κ3) is 2.46. The molecule has 0 heterocycles. The number of aliphatic carboxylic acids is 1. The van der Waals surface area contributed by atoms with Gasteiger partial charge in [-0.2, -0.15) is 0 Å². The molecule has 0 aliphatic heterocycles. The summed E-state index contributed by atoms with van der Waals surface area (Å²) in [6.45, 7) is 0. The zero-order valence-electron chi connectivity index (χ0n) is 12.0. The number of ether oxygens (including phenoxy) is 1. The summed E-state index contributed by atoms with van der Waals surface area (Å²) >= 11 is 6.03. The molecule has 22 heavy (non-hydrogen) atoms. The second-order valence-corrected chi connectivity index (χ2v) is 6.08. The maximum absolute atomic E-state index is 12.5. The van der Waals surface area contributed by atoms with Crippen molar-refractivity contribution < 1.29 is 19.4 Å². The summed E-state index contributed by atoms with van der Waals surface area (Å²) in [6, 6.07) is 4.94. The van der Waals surface area contributed by atoms with Crippen molar-refractivity contribution in [1.29, 1.82) is 0 Å². The van der Waals surface area contributed by atoms with Crippen LogP contribution >= 0.6 is 11.6 Å². The predicted octanol–water partition coefficient (Wildman–Crippen LogP) is 2.81. The van der Waals surface area contributed by atoms with E-state index in [0.717, 1.165) is 6.42 Å². The fraction of sp³-hybridized carbons (Fsp3) is 0.375. The highest BCUT2D eigenvalue weighted by Crippen LogP contribution is 2.48. The van der Waals surface area contributed by atoms with Crippen LogP contribution in [0.3, 0.4) is 0 Å². The van der Waals surface area contributed by atoms with Gasteiger partial charge >= 0.3 is 5.97 Å². The summed E-state index contributed by atoms with van der Waals surface area (Å²) in [5, 5.41) is 12.5. The van der Waals surface area contributed by atoms with E-state index in [1.165, 1.54) is 7.11 Å². The molecule has 5 nitrogen and oxygen atoms in total. The van der Waals surface area contributed by atoms with Crippen molar-refractivity contribution in [3.05, 3.63) is 35.4 Å². The second-order valence-electron chi connectivity index (χ2n) is 5.68. The van der Waals surface area contributed by atoms with Gasteiger partial charge < -0.3 is 15.2 Å². The molecule has 2 N–H and O–H groups in total. The minimum atomic E-state index is -0.912. The highest BCUT2D eigenvalue weighted by atomic mass is 35.5. The molecule has 2 bridgehead atoms. The number of halogens is 1. The van der Waals surface area contributed by atoms with Gasteiger partial charge in [0.05, 0.1) is 24.0 Å². The van der Waals surface area contributed by atoms with Crippen molar-refractivity contribution in [2.45, 2.75) is 6.42 Å². The van der Waals surface area contributed by atoms with E-state index in [9.17, 15) is 14.7 Å². The Kier molecular flexibility index (Phi) is 3.83. The summed E-state index contributed by atoms with van der Waals surface area (Å²) < 4.78 is 5.06. The minimum absolute atomic E-state index is 0.000166. The number of methoxy groups -OCH3 is 1. The van der Waals surface area contributed by atoms with Crippen LogP contribution in [0.4, 0.5) is 5.69 Å². The van der Waals surface area contributed by atoms with Crippen molar-refractivity contribution in [3.63, 3.8) is 0 Å². The van der Waals surface area contributed by atoms with Crippen molar-refractivity contribution in [2.24, 2.45) is 23.7 Å². The number of hydrogen-bond acceptors (Lipinski definition) is 3. The van der Waals surface area contributed by atoms with E-state index < -0.39 is 17.8 Å². The van der Waals surface area contributed by atoms with Crippen molar-refractivity contribution in [3.8, 4) is 5.75 Å². The van der Waals surface area contributed by atoms with E-state index >= 15 is 0 Å². The Balaban J connectivity index is 1.78. The predicted molar refractivity (Wildman–Crippen MR) is 82.0 cm³/mol. The van der Waals surface area contributed by atoms with E-state index in [1.54, 1.807) is 18.2 Å². The smallest absolute Gasteiger partial charge is 0.307 e. The Hall–Kier alpha value is -2.01. The first-order chi connectivity index (χ1) is 10.5. The Labute approximate surface area is 132 Å². The van der Waals surface area contributed by atoms with Gasteiger partial charge in [-0.1, -0.05) is 23.8 Å². The monoisotopic (exact) mass is 321 g/mol. The van der Waals surface area contributed by atoms with Gasteiger partial charge in [0.15, 0.2) is 0 Å². The molecule has 0 aromatic heterocycles. The highest BCUT2D eigenvalue weighted by Gasteiger charge is 2.51. The lowest BCUT2D eigenvalue weighted by Gasteiger charge is -2.24. The first kappa shape index (κ1) is 14.9. The fourth-order valence-corrected chi connectivity index (χ4v) is 3.74. The van der Waals surface area contributed by atoms with Gasteiger partial charge in [-0.3, -0.25) is 9.59 Å². The molecule has 1 saturated carbocycles. The van der Waals surface area contributed by atoms with Gasteiger partial charge in [0.1, 0.15) is 5.75 Å². The molecular formula is C16H16ClNO4. The number of nitrogens with one attached hydrogen (secondary N) is 1. The molecule has 0 spiro atoms. The van der Waals surface area contributed by atoms with Crippen molar-refractivity contribution >= 4 is 29.2 Å². The largest absolute Gasteiger partial charge is 0.495 e. The quantitative estimate of drug-likeness (QED) is 0.836. The van der Waals surface area contributed by atoms with Crippen LogP contribution < -0.4 is 10.1 Å². The molecule has 3 rings (SSSR count). The maximum Gasteiger partial charge on any atom is 0.307 e. The molecule has 4 atom stereocenters. The molecule has 1 fully saturated rings. The van der Waals surface area contributed by atoms with Crippen molar-refractivity contribution in [1.82, 2.24) is 0 Å². The van der Waals surface area contributed by atoms with Gasteiger partial charge in [-0.25, -0.2) is 0 Å². The van der Waals surface area contributed by atoms with Crippen molar-refractivity contribution in [2.75, 3.05) is 12.4 Å². The molecular weight excluding hydrogens is 306 g/mol. The summed E-state index contributed by atoms with van der Waals surface area (Å²) in [4.78, 5) is 23.9. The number of hydrogen-bond donors (Lipinski definition) is 2. The lowest BCUT2D eigenvalue weighted by molar-refractivity contribution is -0.146. The first-order valence-electron chi connectivity index (χ1n) is 7.07. The topological polar surface area (TPSA) is 75.6 Å². The normalized spacial score (nSPS) is 28.6. The summed E-state index contributed by atoms with van der Waals surface area (Å²) in [7, 11) is 1.51. The average molecular weight is 322 g/mol. The van der Waals surface area contributed by atoms with E-state index in [1.807, 2.05) is 12.2 Å². The number of carbonyl (C=O) groups excluding carboxylic acids is 1. The molecule has 0 saturated heterocycles. The molecule has 0 radical (unpaired) electrons. The lowest BCUT2D eigenvalue weighted by atomic mass is 9.82. The number of anilines is 1. The van der Waals surface area contributed by atoms with E-state index in [0.29, 0.717) is 16.5 Å². The summed E-state index contributed by atoms with van der Waals surface area (Å²) in [5.74, 6) is -1.89. The number of fused-ring (bicyclic) bond motifs is 2. The molecule has 116 valence electrons. The number of carboxylic acid groups (broad SMARTS) is 1. The molecule has 2 aliphatic carbocycles. The number of carbonyl (C=O) groups is 2. The average Bonchev–Trinajstić information content (AvgIpc) is 3.07. The number of carboxylic acids is 1. The minimum Gasteiger partial charge on any atom is -0.495 e. The number of benzene rings is 1.